The van der Waals surface area contributed by atoms with Gasteiger partial charge in [0, 0.05) is 16.5 Å². The van der Waals surface area contributed by atoms with Gasteiger partial charge in [0.25, 0.3) is 5.91 Å². The SMILES string of the molecule is COc1ccc(C2=NN(C(=O)c3ccc4c(c3)OCO4)CC2(C)C)cc1OC. The van der Waals surface area contributed by atoms with E-state index in [1.807, 2.05) is 18.2 Å². The van der Waals surface area contributed by atoms with Crippen molar-refractivity contribution in [2.75, 3.05) is 27.6 Å². The van der Waals surface area contributed by atoms with Crippen molar-refractivity contribution in [3.05, 3.63) is 47.5 Å². The molecule has 0 fully saturated rings. The Labute approximate surface area is 163 Å². The van der Waals surface area contributed by atoms with Gasteiger partial charge in [0.1, 0.15) is 0 Å². The molecule has 146 valence electrons. The van der Waals surface area contributed by atoms with Crippen LogP contribution in [0.1, 0.15) is 29.8 Å². The first kappa shape index (κ1) is 18.2. The van der Waals surface area contributed by atoms with Crippen LogP contribution in [0, 0.1) is 5.41 Å². The molecular weight excluding hydrogens is 360 g/mol. The zero-order chi connectivity index (χ0) is 19.9. The van der Waals surface area contributed by atoms with Crippen LogP contribution >= 0.6 is 0 Å². The lowest BCUT2D eigenvalue weighted by Crippen LogP contribution is -2.31. The number of methoxy groups -OCH3 is 2. The number of ether oxygens (including phenoxy) is 4. The normalized spacial score (nSPS) is 16.7. The number of carbonyl (C=O) groups is 1. The molecule has 2 aromatic rings. The van der Waals surface area contributed by atoms with E-state index in [-0.39, 0.29) is 18.1 Å². The highest BCUT2D eigenvalue weighted by Gasteiger charge is 2.38. The summed E-state index contributed by atoms with van der Waals surface area (Å²) in [5, 5.41) is 6.15. The third-order valence-electron chi connectivity index (χ3n) is 4.92. The van der Waals surface area contributed by atoms with Crippen molar-refractivity contribution < 1.29 is 23.7 Å². The van der Waals surface area contributed by atoms with Crippen LogP contribution in [0.15, 0.2) is 41.5 Å². The summed E-state index contributed by atoms with van der Waals surface area (Å²) in [6.07, 6.45) is 0. The highest BCUT2D eigenvalue weighted by molar-refractivity contribution is 6.08. The second-order valence-electron chi connectivity index (χ2n) is 7.33. The minimum Gasteiger partial charge on any atom is -0.493 e. The van der Waals surface area contributed by atoms with Crippen LogP contribution in [0.2, 0.25) is 0 Å². The van der Waals surface area contributed by atoms with Gasteiger partial charge in [-0.05, 0) is 36.4 Å². The van der Waals surface area contributed by atoms with Crippen LogP contribution < -0.4 is 18.9 Å². The number of hydrazone groups is 1. The third kappa shape index (κ3) is 3.02. The summed E-state index contributed by atoms with van der Waals surface area (Å²) in [7, 11) is 3.19. The number of fused-ring (bicyclic) bond motifs is 1. The van der Waals surface area contributed by atoms with Gasteiger partial charge < -0.3 is 18.9 Å². The van der Waals surface area contributed by atoms with Gasteiger partial charge >= 0.3 is 0 Å². The first-order chi connectivity index (χ1) is 13.4. The Morgan fingerprint density at radius 3 is 2.54 bits per heavy atom. The van der Waals surface area contributed by atoms with E-state index < -0.39 is 0 Å². The van der Waals surface area contributed by atoms with Crippen molar-refractivity contribution in [2.24, 2.45) is 10.5 Å². The van der Waals surface area contributed by atoms with E-state index in [0.29, 0.717) is 35.1 Å². The quantitative estimate of drug-likeness (QED) is 0.811. The Morgan fingerprint density at radius 1 is 1.04 bits per heavy atom. The number of amides is 1. The van der Waals surface area contributed by atoms with Gasteiger partial charge in [-0.15, -0.1) is 0 Å². The second-order valence-corrected chi connectivity index (χ2v) is 7.33. The maximum atomic E-state index is 13.0. The molecule has 0 N–H and O–H groups in total. The zero-order valence-corrected chi connectivity index (χ0v) is 16.3. The Morgan fingerprint density at radius 2 is 1.79 bits per heavy atom. The number of hydrogen-bond donors (Lipinski definition) is 0. The number of rotatable bonds is 4. The molecule has 2 heterocycles. The molecule has 0 aromatic heterocycles. The lowest BCUT2D eigenvalue weighted by molar-refractivity contribution is 0.0753. The average Bonchev–Trinajstić information content (AvgIpc) is 3.29. The van der Waals surface area contributed by atoms with Gasteiger partial charge in [0.05, 0.1) is 26.5 Å². The summed E-state index contributed by atoms with van der Waals surface area (Å²) < 4.78 is 21.4. The van der Waals surface area contributed by atoms with Crippen LogP contribution in [-0.4, -0.2) is 44.2 Å². The fourth-order valence-corrected chi connectivity index (χ4v) is 3.47. The van der Waals surface area contributed by atoms with Gasteiger partial charge in [0.2, 0.25) is 6.79 Å². The van der Waals surface area contributed by atoms with Gasteiger partial charge in [-0.2, -0.15) is 5.10 Å². The van der Waals surface area contributed by atoms with Crippen LogP contribution in [0.3, 0.4) is 0 Å². The van der Waals surface area contributed by atoms with Crippen LogP contribution in [0.5, 0.6) is 23.0 Å². The molecule has 2 aliphatic heterocycles. The molecule has 0 spiro atoms. The Hall–Kier alpha value is -3.22. The maximum Gasteiger partial charge on any atom is 0.274 e. The molecule has 2 aromatic carbocycles. The van der Waals surface area contributed by atoms with E-state index in [1.165, 1.54) is 5.01 Å². The Bertz CT molecular complexity index is 967. The van der Waals surface area contributed by atoms with Gasteiger partial charge in [-0.1, -0.05) is 13.8 Å². The smallest absolute Gasteiger partial charge is 0.274 e. The summed E-state index contributed by atoms with van der Waals surface area (Å²) in [6, 6.07) is 10.8. The number of nitrogens with zero attached hydrogens (tertiary/aromatic N) is 2. The van der Waals surface area contributed by atoms with Crippen LogP contribution in [0.4, 0.5) is 0 Å². The molecule has 4 rings (SSSR count). The summed E-state index contributed by atoms with van der Waals surface area (Å²) in [6.45, 7) is 4.78. The first-order valence-electron chi connectivity index (χ1n) is 8.96. The molecule has 7 heteroatoms. The molecule has 28 heavy (non-hydrogen) atoms. The Balaban J connectivity index is 1.66. The van der Waals surface area contributed by atoms with Crippen LogP contribution in [-0.2, 0) is 0 Å². The van der Waals surface area contributed by atoms with Crippen molar-refractivity contribution in [1.29, 1.82) is 0 Å². The molecule has 0 radical (unpaired) electrons. The summed E-state index contributed by atoms with van der Waals surface area (Å²) >= 11 is 0. The standard InChI is InChI=1S/C21H22N2O5/c1-21(2)11-23(20(24)14-6-8-16-18(10-14)28-12-27-16)22-19(21)13-5-7-15(25-3)17(9-13)26-4/h5-10H,11-12H2,1-4H3. The van der Waals surface area contributed by atoms with E-state index in [2.05, 4.69) is 18.9 Å². The lowest BCUT2D eigenvalue weighted by atomic mass is 9.84. The first-order valence-corrected chi connectivity index (χ1v) is 8.96. The van der Waals surface area contributed by atoms with Crippen molar-refractivity contribution in [3.63, 3.8) is 0 Å². The molecule has 0 saturated carbocycles. The molecule has 0 unspecified atom stereocenters. The maximum absolute atomic E-state index is 13.0. The fourth-order valence-electron chi connectivity index (χ4n) is 3.47. The minimum atomic E-state index is -0.314. The molecule has 2 aliphatic rings. The number of hydrogen-bond acceptors (Lipinski definition) is 6. The molecule has 0 atom stereocenters. The predicted molar refractivity (Wildman–Crippen MR) is 103 cm³/mol. The van der Waals surface area contributed by atoms with Crippen molar-refractivity contribution in [3.8, 4) is 23.0 Å². The molecule has 0 bridgehead atoms. The zero-order valence-electron chi connectivity index (χ0n) is 16.3. The topological polar surface area (TPSA) is 69.6 Å². The van der Waals surface area contributed by atoms with Crippen molar-refractivity contribution in [1.82, 2.24) is 5.01 Å². The van der Waals surface area contributed by atoms with E-state index in [0.717, 1.165) is 11.3 Å². The van der Waals surface area contributed by atoms with E-state index >= 15 is 0 Å². The van der Waals surface area contributed by atoms with Gasteiger partial charge in [-0.25, -0.2) is 5.01 Å². The third-order valence-corrected chi connectivity index (χ3v) is 4.92. The second kappa shape index (κ2) is 6.74. The minimum absolute atomic E-state index is 0.172. The highest BCUT2D eigenvalue weighted by Crippen LogP contribution is 2.37. The fraction of sp³-hybridized carbons (Fsp3) is 0.333. The van der Waals surface area contributed by atoms with Crippen molar-refractivity contribution in [2.45, 2.75) is 13.8 Å². The lowest BCUT2D eigenvalue weighted by Gasteiger charge is -2.21. The number of benzene rings is 2. The van der Waals surface area contributed by atoms with E-state index in [9.17, 15) is 4.79 Å². The Kier molecular flexibility index (Phi) is 4.37. The molecule has 0 saturated heterocycles. The summed E-state index contributed by atoms with van der Waals surface area (Å²) in [4.78, 5) is 13.0. The molecule has 1 amide bonds. The average molecular weight is 382 g/mol. The molecule has 7 nitrogen and oxygen atoms in total. The summed E-state index contributed by atoms with van der Waals surface area (Å²) in [5.74, 6) is 2.32. The predicted octanol–water partition coefficient (Wildman–Crippen LogP) is 3.32. The molecular formula is C21H22N2O5. The highest BCUT2D eigenvalue weighted by atomic mass is 16.7. The van der Waals surface area contributed by atoms with Gasteiger partial charge in [-0.3, -0.25) is 4.79 Å². The van der Waals surface area contributed by atoms with E-state index in [1.54, 1.807) is 32.4 Å². The molecule has 0 aliphatic carbocycles. The monoisotopic (exact) mass is 382 g/mol. The summed E-state index contributed by atoms with van der Waals surface area (Å²) in [5.41, 5.74) is 1.91. The van der Waals surface area contributed by atoms with E-state index in [4.69, 9.17) is 18.9 Å². The number of carbonyl (C=O) groups excluding carboxylic acids is 1. The van der Waals surface area contributed by atoms with Crippen LogP contribution in [0.25, 0.3) is 0 Å². The van der Waals surface area contributed by atoms with Crippen molar-refractivity contribution >= 4 is 11.6 Å². The largest absolute Gasteiger partial charge is 0.493 e. The van der Waals surface area contributed by atoms with Gasteiger partial charge in [0.15, 0.2) is 23.0 Å².